The van der Waals surface area contributed by atoms with E-state index >= 15 is 0 Å². The molecule has 1 atom stereocenters. The summed E-state index contributed by atoms with van der Waals surface area (Å²) in [6.07, 6.45) is 0.874. The van der Waals surface area contributed by atoms with Crippen LogP contribution in [-0.2, 0) is 4.74 Å². The van der Waals surface area contributed by atoms with Gasteiger partial charge in [0, 0.05) is 18.8 Å². The first-order valence-corrected chi connectivity index (χ1v) is 5.96. The van der Waals surface area contributed by atoms with Gasteiger partial charge in [0.15, 0.2) is 0 Å². The molecule has 1 aliphatic heterocycles. The lowest BCUT2D eigenvalue weighted by Crippen LogP contribution is -2.46. The van der Waals surface area contributed by atoms with Crippen molar-refractivity contribution in [3.8, 4) is 0 Å². The van der Waals surface area contributed by atoms with Crippen LogP contribution < -0.4 is 11.1 Å². The molecule has 0 amide bonds. The van der Waals surface area contributed by atoms with Crippen molar-refractivity contribution in [3.05, 3.63) is 28.5 Å². The Morgan fingerprint density at radius 1 is 1.56 bits per heavy atom. The third kappa shape index (κ3) is 2.36. The van der Waals surface area contributed by atoms with Gasteiger partial charge in [-0.25, -0.2) is 4.39 Å². The highest BCUT2D eigenvalue weighted by Crippen LogP contribution is 2.26. The Morgan fingerprint density at radius 3 is 2.94 bits per heavy atom. The van der Waals surface area contributed by atoms with E-state index in [1.807, 2.05) is 0 Å². The van der Waals surface area contributed by atoms with E-state index in [0.29, 0.717) is 24.2 Å². The maximum atomic E-state index is 13.1. The minimum absolute atomic E-state index is 0.211. The fourth-order valence-electron chi connectivity index (χ4n) is 1.80. The van der Waals surface area contributed by atoms with Gasteiger partial charge in [-0.15, -0.1) is 0 Å². The Labute approximate surface area is 102 Å². The minimum Gasteiger partial charge on any atom is -0.379 e. The summed E-state index contributed by atoms with van der Waals surface area (Å²) >= 11 is 3.16. The van der Waals surface area contributed by atoms with Gasteiger partial charge in [-0.3, -0.25) is 0 Å². The first-order valence-electron chi connectivity index (χ1n) is 5.16. The lowest BCUT2D eigenvalue weighted by molar-refractivity contribution is 0.183. The number of nitrogens with one attached hydrogen (secondary N) is 1. The van der Waals surface area contributed by atoms with Crippen LogP contribution in [0.5, 0.6) is 0 Å². The lowest BCUT2D eigenvalue weighted by atomic mass is 9.98. The zero-order valence-electron chi connectivity index (χ0n) is 8.80. The van der Waals surface area contributed by atoms with Crippen LogP contribution in [0.3, 0.4) is 0 Å². The maximum absolute atomic E-state index is 13.1. The molecule has 2 rings (SSSR count). The highest BCUT2D eigenvalue weighted by atomic mass is 79.9. The molecule has 1 aliphatic rings. The molecule has 1 unspecified atom stereocenters. The quantitative estimate of drug-likeness (QED) is 0.896. The van der Waals surface area contributed by atoms with Gasteiger partial charge in [0.05, 0.1) is 16.6 Å². The number of ether oxygens (including phenoxy) is 1. The molecular weight excluding hydrogens is 275 g/mol. The van der Waals surface area contributed by atoms with E-state index in [9.17, 15) is 4.39 Å². The molecule has 0 aromatic heterocycles. The van der Waals surface area contributed by atoms with Crippen molar-refractivity contribution >= 4 is 21.6 Å². The molecule has 1 heterocycles. The van der Waals surface area contributed by atoms with E-state index in [2.05, 4.69) is 21.2 Å². The number of anilines is 1. The van der Waals surface area contributed by atoms with Gasteiger partial charge in [-0.05, 0) is 40.5 Å². The highest BCUT2D eigenvalue weighted by molar-refractivity contribution is 9.10. The smallest absolute Gasteiger partial charge is 0.137 e. The average molecular weight is 289 g/mol. The molecule has 16 heavy (non-hydrogen) atoms. The highest BCUT2D eigenvalue weighted by Gasteiger charge is 2.33. The van der Waals surface area contributed by atoms with Crippen molar-refractivity contribution in [1.29, 1.82) is 0 Å². The zero-order valence-corrected chi connectivity index (χ0v) is 10.4. The van der Waals surface area contributed by atoms with Crippen molar-refractivity contribution in [2.24, 2.45) is 5.73 Å². The van der Waals surface area contributed by atoms with E-state index in [-0.39, 0.29) is 11.4 Å². The topological polar surface area (TPSA) is 47.3 Å². The summed E-state index contributed by atoms with van der Waals surface area (Å²) in [6, 6.07) is 4.84. The molecule has 5 heteroatoms. The second-order valence-corrected chi connectivity index (χ2v) is 4.90. The zero-order chi connectivity index (χ0) is 11.6. The third-order valence-corrected chi connectivity index (χ3v) is 3.43. The number of halogens is 2. The van der Waals surface area contributed by atoms with Gasteiger partial charge in [0.2, 0.25) is 0 Å². The van der Waals surface area contributed by atoms with Crippen molar-refractivity contribution in [1.82, 2.24) is 0 Å². The minimum atomic E-state index is -0.268. The summed E-state index contributed by atoms with van der Waals surface area (Å²) < 4.78 is 18.9. The first-order chi connectivity index (χ1) is 7.65. The molecule has 0 radical (unpaired) electrons. The van der Waals surface area contributed by atoms with Crippen LogP contribution in [-0.4, -0.2) is 25.3 Å². The van der Waals surface area contributed by atoms with Gasteiger partial charge in [-0.2, -0.15) is 0 Å². The summed E-state index contributed by atoms with van der Waals surface area (Å²) in [5.41, 5.74) is 6.40. The molecule has 0 spiro atoms. The molecule has 0 aliphatic carbocycles. The van der Waals surface area contributed by atoms with Crippen LogP contribution in [0.15, 0.2) is 22.7 Å². The summed E-state index contributed by atoms with van der Waals surface area (Å²) in [7, 11) is 0. The largest absolute Gasteiger partial charge is 0.379 e. The third-order valence-electron chi connectivity index (χ3n) is 2.82. The van der Waals surface area contributed by atoms with Crippen LogP contribution in [0.2, 0.25) is 0 Å². The van der Waals surface area contributed by atoms with E-state index in [1.54, 1.807) is 12.1 Å². The molecule has 88 valence electrons. The van der Waals surface area contributed by atoms with Crippen LogP contribution in [0.25, 0.3) is 0 Å². The molecular formula is C11H14BrFN2O. The van der Waals surface area contributed by atoms with Crippen molar-refractivity contribution in [2.75, 3.05) is 25.1 Å². The summed E-state index contributed by atoms with van der Waals surface area (Å²) in [4.78, 5) is 0. The molecule has 0 bridgehead atoms. The Morgan fingerprint density at radius 2 is 2.38 bits per heavy atom. The SMILES string of the molecule is NCC1(Nc2ccc(F)c(Br)c2)CCOC1. The second-order valence-electron chi connectivity index (χ2n) is 4.04. The van der Waals surface area contributed by atoms with E-state index in [0.717, 1.165) is 12.1 Å². The number of benzene rings is 1. The predicted octanol–water partition coefficient (Wildman–Crippen LogP) is 2.12. The van der Waals surface area contributed by atoms with Crippen molar-refractivity contribution < 1.29 is 9.13 Å². The summed E-state index contributed by atoms with van der Waals surface area (Å²) in [5, 5.41) is 3.33. The van der Waals surface area contributed by atoms with Gasteiger partial charge >= 0.3 is 0 Å². The van der Waals surface area contributed by atoms with E-state index in [1.165, 1.54) is 6.07 Å². The van der Waals surface area contributed by atoms with Crippen molar-refractivity contribution in [3.63, 3.8) is 0 Å². The van der Waals surface area contributed by atoms with Crippen molar-refractivity contribution in [2.45, 2.75) is 12.0 Å². The standard InChI is InChI=1S/C11H14BrFN2O/c12-9-5-8(1-2-10(9)13)15-11(6-14)3-4-16-7-11/h1-2,5,15H,3-4,6-7,14H2. The lowest BCUT2D eigenvalue weighted by Gasteiger charge is -2.28. The predicted molar refractivity (Wildman–Crippen MR) is 64.9 cm³/mol. The number of hydrogen-bond donors (Lipinski definition) is 2. The van der Waals surface area contributed by atoms with Gasteiger partial charge in [-0.1, -0.05) is 0 Å². The van der Waals surface area contributed by atoms with Crippen LogP contribution in [0.1, 0.15) is 6.42 Å². The number of nitrogens with two attached hydrogens (primary N) is 1. The van der Waals surface area contributed by atoms with Gasteiger partial charge in [0.25, 0.3) is 0 Å². The molecule has 1 saturated heterocycles. The Kier molecular flexibility index (Phi) is 3.47. The maximum Gasteiger partial charge on any atom is 0.137 e. The Bertz CT molecular complexity index is 380. The number of rotatable bonds is 3. The van der Waals surface area contributed by atoms with E-state index < -0.39 is 0 Å². The summed E-state index contributed by atoms with van der Waals surface area (Å²) in [5.74, 6) is -0.268. The second kappa shape index (κ2) is 4.69. The summed E-state index contributed by atoms with van der Waals surface area (Å²) in [6.45, 7) is 1.81. The fourth-order valence-corrected chi connectivity index (χ4v) is 2.18. The molecule has 3 N–H and O–H groups in total. The van der Waals surface area contributed by atoms with Crippen LogP contribution in [0.4, 0.5) is 10.1 Å². The molecule has 1 aromatic carbocycles. The van der Waals surface area contributed by atoms with Crippen LogP contribution >= 0.6 is 15.9 Å². The molecule has 1 fully saturated rings. The van der Waals surface area contributed by atoms with Gasteiger partial charge in [0.1, 0.15) is 5.82 Å². The molecule has 0 saturated carbocycles. The van der Waals surface area contributed by atoms with Crippen LogP contribution in [0, 0.1) is 5.82 Å². The van der Waals surface area contributed by atoms with Gasteiger partial charge < -0.3 is 15.8 Å². The monoisotopic (exact) mass is 288 g/mol. The Hall–Kier alpha value is -0.650. The normalized spacial score (nSPS) is 24.7. The van der Waals surface area contributed by atoms with E-state index in [4.69, 9.17) is 10.5 Å². The molecule has 1 aromatic rings. The first kappa shape index (κ1) is 11.8. The number of hydrogen-bond acceptors (Lipinski definition) is 3. The Balaban J connectivity index is 2.16. The average Bonchev–Trinajstić information content (AvgIpc) is 2.73. The molecule has 3 nitrogen and oxygen atoms in total. The fraction of sp³-hybridized carbons (Fsp3) is 0.455.